The van der Waals surface area contributed by atoms with Gasteiger partial charge in [0.2, 0.25) is 10.0 Å². The molecule has 28 heavy (non-hydrogen) atoms. The Labute approximate surface area is 163 Å². The van der Waals surface area contributed by atoms with E-state index in [1.807, 2.05) is 24.3 Å². The van der Waals surface area contributed by atoms with Gasteiger partial charge in [-0.25, -0.2) is 21.9 Å². The fraction of sp³-hybridized carbons (Fsp3) is 0.368. The third-order valence-electron chi connectivity index (χ3n) is 4.70. The summed E-state index contributed by atoms with van der Waals surface area (Å²) >= 11 is 0. The number of sulfonamides is 1. The lowest BCUT2D eigenvalue weighted by Crippen LogP contribution is -2.48. The van der Waals surface area contributed by atoms with Crippen LogP contribution in [-0.2, 0) is 10.0 Å². The maximum atomic E-state index is 13.7. The second-order valence-electron chi connectivity index (χ2n) is 6.47. The first-order chi connectivity index (χ1) is 13.4. The summed E-state index contributed by atoms with van der Waals surface area (Å²) < 4.78 is 59.1. The van der Waals surface area contributed by atoms with Crippen LogP contribution >= 0.6 is 0 Å². The Kier molecular flexibility index (Phi) is 6.48. The van der Waals surface area contributed by atoms with Crippen LogP contribution < -0.4 is 14.4 Å². The van der Waals surface area contributed by atoms with Crippen LogP contribution in [0.25, 0.3) is 0 Å². The molecule has 0 spiro atoms. The van der Waals surface area contributed by atoms with Gasteiger partial charge in [0.25, 0.3) is 0 Å². The largest absolute Gasteiger partial charge is 0.495 e. The molecule has 1 fully saturated rings. The fourth-order valence-electron chi connectivity index (χ4n) is 3.20. The van der Waals surface area contributed by atoms with E-state index in [0.29, 0.717) is 12.6 Å². The smallest absolute Gasteiger partial charge is 0.243 e. The number of para-hydroxylation sites is 2. The van der Waals surface area contributed by atoms with Crippen molar-refractivity contribution in [2.75, 3.05) is 51.3 Å². The average Bonchev–Trinajstić information content (AvgIpc) is 2.70. The zero-order valence-electron chi connectivity index (χ0n) is 15.6. The summed E-state index contributed by atoms with van der Waals surface area (Å²) in [7, 11) is -2.45. The van der Waals surface area contributed by atoms with E-state index in [1.165, 1.54) is 0 Å². The summed E-state index contributed by atoms with van der Waals surface area (Å²) in [4.78, 5) is 3.67. The lowest BCUT2D eigenvalue weighted by molar-refractivity contribution is 0.261. The number of halogens is 2. The Hall–Kier alpha value is -2.23. The van der Waals surface area contributed by atoms with Crippen molar-refractivity contribution < 1.29 is 21.9 Å². The quantitative estimate of drug-likeness (QED) is 0.756. The average molecular weight is 411 g/mol. The van der Waals surface area contributed by atoms with Gasteiger partial charge >= 0.3 is 0 Å². The first kappa shape index (κ1) is 20.5. The van der Waals surface area contributed by atoms with Crippen LogP contribution in [0.3, 0.4) is 0 Å². The highest BCUT2D eigenvalue weighted by atomic mass is 32.2. The van der Waals surface area contributed by atoms with Crippen LogP contribution in [0.5, 0.6) is 5.75 Å². The molecular formula is C19H23F2N3O3S. The Morgan fingerprint density at radius 2 is 1.79 bits per heavy atom. The number of ether oxygens (including phenoxy) is 1. The van der Waals surface area contributed by atoms with Gasteiger partial charge in [-0.3, -0.25) is 4.90 Å². The van der Waals surface area contributed by atoms with Crippen LogP contribution in [0, 0.1) is 11.6 Å². The van der Waals surface area contributed by atoms with E-state index in [-0.39, 0.29) is 6.54 Å². The molecule has 2 aromatic carbocycles. The summed E-state index contributed by atoms with van der Waals surface area (Å²) in [6.07, 6.45) is 0. The van der Waals surface area contributed by atoms with E-state index in [9.17, 15) is 17.2 Å². The number of methoxy groups -OCH3 is 1. The topological polar surface area (TPSA) is 61.9 Å². The number of hydrogen-bond donors (Lipinski definition) is 1. The second-order valence-corrected chi connectivity index (χ2v) is 8.21. The predicted molar refractivity (Wildman–Crippen MR) is 103 cm³/mol. The highest BCUT2D eigenvalue weighted by molar-refractivity contribution is 7.89. The summed E-state index contributed by atoms with van der Waals surface area (Å²) in [6, 6.07) is 10.2. The van der Waals surface area contributed by atoms with Crippen molar-refractivity contribution in [1.29, 1.82) is 0 Å². The van der Waals surface area contributed by atoms with Crippen molar-refractivity contribution in [1.82, 2.24) is 9.62 Å². The maximum absolute atomic E-state index is 13.7. The molecule has 1 N–H and O–H groups in total. The standard InChI is InChI=1S/C19H23F2N3O3S/c1-27-18-5-3-2-4-17(18)24-12-10-23(11-13-24)9-8-22-28(25,26)19-14-15(20)6-7-16(19)21/h2-7,14,22H,8-13H2,1H3. The Balaban J connectivity index is 1.51. The van der Waals surface area contributed by atoms with E-state index in [1.54, 1.807) is 7.11 Å². The lowest BCUT2D eigenvalue weighted by Gasteiger charge is -2.36. The number of rotatable bonds is 7. The summed E-state index contributed by atoms with van der Waals surface area (Å²) in [5.74, 6) is -0.950. The highest BCUT2D eigenvalue weighted by Crippen LogP contribution is 2.28. The van der Waals surface area contributed by atoms with Gasteiger partial charge in [-0.05, 0) is 30.3 Å². The molecule has 3 rings (SSSR count). The number of benzene rings is 2. The van der Waals surface area contributed by atoms with Gasteiger partial charge in [0.05, 0.1) is 12.8 Å². The Morgan fingerprint density at radius 3 is 2.50 bits per heavy atom. The fourth-order valence-corrected chi connectivity index (χ4v) is 4.31. The van der Waals surface area contributed by atoms with Gasteiger partial charge in [0.15, 0.2) is 0 Å². The molecule has 2 aromatic rings. The van der Waals surface area contributed by atoms with Crippen LogP contribution in [-0.4, -0.2) is 59.7 Å². The van der Waals surface area contributed by atoms with Crippen molar-refractivity contribution in [3.05, 3.63) is 54.1 Å². The molecule has 152 valence electrons. The van der Waals surface area contributed by atoms with E-state index >= 15 is 0 Å². The monoisotopic (exact) mass is 411 g/mol. The molecule has 0 aromatic heterocycles. The Morgan fingerprint density at radius 1 is 1.07 bits per heavy atom. The Bertz CT molecular complexity index is 916. The van der Waals surface area contributed by atoms with Gasteiger partial charge in [-0.15, -0.1) is 0 Å². The number of piperazine rings is 1. The molecule has 0 atom stereocenters. The van der Waals surface area contributed by atoms with E-state index in [2.05, 4.69) is 14.5 Å². The normalized spacial score (nSPS) is 15.6. The van der Waals surface area contributed by atoms with Crippen molar-refractivity contribution in [2.45, 2.75) is 4.90 Å². The molecule has 9 heteroatoms. The third-order valence-corrected chi connectivity index (χ3v) is 6.18. The molecule has 0 aliphatic carbocycles. The summed E-state index contributed by atoms with van der Waals surface area (Å²) in [5, 5.41) is 0. The molecule has 0 amide bonds. The first-order valence-electron chi connectivity index (χ1n) is 8.96. The minimum absolute atomic E-state index is 0.118. The molecule has 0 bridgehead atoms. The van der Waals surface area contributed by atoms with Crippen LogP contribution in [0.2, 0.25) is 0 Å². The van der Waals surface area contributed by atoms with Crippen molar-refractivity contribution in [3.63, 3.8) is 0 Å². The van der Waals surface area contributed by atoms with Crippen LogP contribution in [0.1, 0.15) is 0 Å². The molecule has 6 nitrogen and oxygen atoms in total. The zero-order chi connectivity index (χ0) is 20.1. The molecule has 0 radical (unpaired) electrons. The van der Waals surface area contributed by atoms with Crippen molar-refractivity contribution in [3.8, 4) is 5.75 Å². The molecule has 1 aliphatic rings. The van der Waals surface area contributed by atoms with Gasteiger partial charge in [-0.1, -0.05) is 12.1 Å². The SMILES string of the molecule is COc1ccccc1N1CCN(CCNS(=O)(=O)c2cc(F)ccc2F)CC1. The van der Waals surface area contributed by atoms with Crippen molar-refractivity contribution >= 4 is 15.7 Å². The molecular weight excluding hydrogens is 388 g/mol. The molecule has 1 saturated heterocycles. The van der Waals surface area contributed by atoms with Gasteiger partial charge < -0.3 is 9.64 Å². The summed E-state index contributed by atoms with van der Waals surface area (Å²) in [6.45, 7) is 3.68. The maximum Gasteiger partial charge on any atom is 0.243 e. The minimum Gasteiger partial charge on any atom is -0.495 e. The second kappa shape index (κ2) is 8.85. The highest BCUT2D eigenvalue weighted by Gasteiger charge is 2.22. The first-order valence-corrected chi connectivity index (χ1v) is 10.4. The lowest BCUT2D eigenvalue weighted by atomic mass is 10.2. The van der Waals surface area contributed by atoms with Crippen molar-refractivity contribution in [2.24, 2.45) is 0 Å². The van der Waals surface area contributed by atoms with E-state index < -0.39 is 26.6 Å². The van der Waals surface area contributed by atoms with Gasteiger partial charge in [-0.2, -0.15) is 0 Å². The minimum atomic E-state index is -4.10. The number of anilines is 1. The van der Waals surface area contributed by atoms with E-state index in [4.69, 9.17) is 4.74 Å². The molecule has 0 unspecified atom stereocenters. The van der Waals surface area contributed by atoms with Crippen LogP contribution in [0.4, 0.5) is 14.5 Å². The predicted octanol–water partition coefficient (Wildman–Crippen LogP) is 2.07. The zero-order valence-corrected chi connectivity index (χ0v) is 16.4. The molecule has 1 aliphatic heterocycles. The molecule has 1 heterocycles. The van der Waals surface area contributed by atoms with Gasteiger partial charge in [0.1, 0.15) is 22.3 Å². The molecule has 0 saturated carbocycles. The third kappa shape index (κ3) is 4.78. The summed E-state index contributed by atoms with van der Waals surface area (Å²) in [5.41, 5.74) is 1.03. The van der Waals surface area contributed by atoms with Crippen LogP contribution in [0.15, 0.2) is 47.4 Å². The number of hydrogen-bond acceptors (Lipinski definition) is 5. The number of nitrogens with one attached hydrogen (secondary N) is 1. The van der Waals surface area contributed by atoms with E-state index in [0.717, 1.165) is 49.7 Å². The van der Waals surface area contributed by atoms with Gasteiger partial charge in [0, 0.05) is 39.3 Å². The number of nitrogens with zero attached hydrogens (tertiary/aromatic N) is 2.